The quantitative estimate of drug-likeness (QED) is 0.162. The number of nitro groups is 1. The van der Waals surface area contributed by atoms with E-state index in [0.29, 0.717) is 28.8 Å². The Balaban J connectivity index is 1.43. The Morgan fingerprint density at radius 3 is 2.28 bits per heavy atom. The number of rotatable bonds is 10. The van der Waals surface area contributed by atoms with E-state index in [1.54, 1.807) is 30.3 Å². The van der Waals surface area contributed by atoms with E-state index in [1.807, 2.05) is 0 Å². The van der Waals surface area contributed by atoms with Crippen molar-refractivity contribution >= 4 is 46.4 Å². The normalized spacial score (nSPS) is 14.0. The highest BCUT2D eigenvalue weighted by Gasteiger charge is 2.36. The number of hydrogen-bond acceptors (Lipinski definition) is 9. The predicted molar refractivity (Wildman–Crippen MR) is 141 cm³/mol. The van der Waals surface area contributed by atoms with E-state index in [9.17, 15) is 29.3 Å². The summed E-state index contributed by atoms with van der Waals surface area (Å²) in [6.07, 6.45) is 1.50. The lowest BCUT2D eigenvalue weighted by Crippen LogP contribution is -2.33. The number of non-ortho nitro benzene ring substituents is 1. The standard InChI is InChI=1S/C27H20N2O9S/c1-37-23-12-17(4-11-22(23)38-15-16-2-5-19(6-3-16)26(32)33)13-24-25(31)28(27(34)39-24)14-21(30)18-7-9-20(10-8-18)29(35)36/h2-13H,14-15H2,1H3,(H,32,33)/b24-13-. The van der Waals surface area contributed by atoms with Crippen molar-refractivity contribution in [1.29, 1.82) is 0 Å². The van der Waals surface area contributed by atoms with Crippen LogP contribution >= 0.6 is 11.8 Å². The van der Waals surface area contributed by atoms with Crippen LogP contribution in [0.1, 0.15) is 31.8 Å². The van der Waals surface area contributed by atoms with Gasteiger partial charge in [-0.3, -0.25) is 29.4 Å². The second-order valence-electron chi connectivity index (χ2n) is 8.20. The van der Waals surface area contributed by atoms with E-state index >= 15 is 0 Å². The fraction of sp³-hybridized carbons (Fsp3) is 0.111. The molecule has 1 heterocycles. The minimum absolute atomic E-state index is 0.116. The molecule has 0 bridgehead atoms. The monoisotopic (exact) mass is 548 g/mol. The predicted octanol–water partition coefficient (Wildman–Crippen LogP) is 4.80. The van der Waals surface area contributed by atoms with Gasteiger partial charge in [0, 0.05) is 17.7 Å². The second-order valence-corrected chi connectivity index (χ2v) is 9.19. The van der Waals surface area contributed by atoms with Crippen LogP contribution in [0.2, 0.25) is 0 Å². The Kier molecular flexibility index (Phi) is 8.06. The maximum Gasteiger partial charge on any atom is 0.335 e. The maximum absolute atomic E-state index is 12.9. The highest BCUT2D eigenvalue weighted by molar-refractivity contribution is 8.18. The van der Waals surface area contributed by atoms with E-state index in [0.717, 1.165) is 10.5 Å². The second kappa shape index (κ2) is 11.6. The van der Waals surface area contributed by atoms with Gasteiger partial charge in [-0.1, -0.05) is 18.2 Å². The van der Waals surface area contributed by atoms with Gasteiger partial charge in [-0.2, -0.15) is 0 Å². The van der Waals surface area contributed by atoms with Gasteiger partial charge in [-0.25, -0.2) is 4.79 Å². The molecular weight excluding hydrogens is 528 g/mol. The van der Waals surface area contributed by atoms with Crippen LogP contribution in [0.25, 0.3) is 6.08 Å². The van der Waals surface area contributed by atoms with Crippen molar-refractivity contribution in [2.24, 2.45) is 0 Å². The Labute approximate surface area is 225 Å². The van der Waals surface area contributed by atoms with Gasteiger partial charge < -0.3 is 14.6 Å². The molecule has 3 aromatic rings. The average Bonchev–Trinajstić information content (AvgIpc) is 3.19. The Hall–Kier alpha value is -4.97. The number of thioether (sulfide) groups is 1. The highest BCUT2D eigenvalue weighted by Crippen LogP contribution is 2.35. The van der Waals surface area contributed by atoms with E-state index < -0.39 is 34.4 Å². The van der Waals surface area contributed by atoms with Crippen LogP contribution in [0.3, 0.4) is 0 Å². The molecule has 0 aromatic heterocycles. The lowest BCUT2D eigenvalue weighted by Gasteiger charge is -2.12. The van der Waals surface area contributed by atoms with Crippen LogP contribution in [0.4, 0.5) is 10.5 Å². The molecule has 1 aliphatic rings. The average molecular weight is 549 g/mol. The van der Waals surface area contributed by atoms with Gasteiger partial charge in [0.15, 0.2) is 17.3 Å². The van der Waals surface area contributed by atoms with Crippen LogP contribution < -0.4 is 9.47 Å². The third-order valence-corrected chi connectivity index (χ3v) is 6.56. The van der Waals surface area contributed by atoms with Crippen LogP contribution in [0.15, 0.2) is 71.6 Å². The number of hydrogen-bond donors (Lipinski definition) is 1. The van der Waals surface area contributed by atoms with Gasteiger partial charge in [0.1, 0.15) is 6.61 Å². The molecule has 11 nitrogen and oxygen atoms in total. The molecule has 4 rings (SSSR count). The van der Waals surface area contributed by atoms with Gasteiger partial charge in [0.25, 0.3) is 16.8 Å². The Morgan fingerprint density at radius 2 is 1.67 bits per heavy atom. The fourth-order valence-electron chi connectivity index (χ4n) is 3.59. The summed E-state index contributed by atoms with van der Waals surface area (Å²) in [5.74, 6) is -1.40. The number of carboxylic acid groups (broad SMARTS) is 1. The molecule has 3 aromatic carbocycles. The molecule has 2 amide bonds. The number of ketones is 1. The van der Waals surface area contributed by atoms with Crippen LogP contribution in [-0.4, -0.2) is 51.5 Å². The summed E-state index contributed by atoms with van der Waals surface area (Å²) in [5, 5.41) is 19.2. The molecule has 12 heteroatoms. The van der Waals surface area contributed by atoms with Gasteiger partial charge in [0.05, 0.1) is 29.0 Å². The smallest absolute Gasteiger partial charge is 0.335 e. The molecule has 1 aliphatic heterocycles. The van der Waals surface area contributed by atoms with Crippen molar-refractivity contribution in [2.45, 2.75) is 6.61 Å². The number of benzene rings is 3. The summed E-state index contributed by atoms with van der Waals surface area (Å²) in [7, 11) is 1.45. The molecule has 0 unspecified atom stereocenters. The van der Waals surface area contributed by atoms with Gasteiger partial charge in [-0.05, 0) is 65.4 Å². The number of aromatic carboxylic acids is 1. The topological polar surface area (TPSA) is 153 Å². The first-order chi connectivity index (χ1) is 18.7. The minimum atomic E-state index is -1.02. The minimum Gasteiger partial charge on any atom is -0.493 e. The van der Waals surface area contributed by atoms with E-state index in [1.165, 1.54) is 49.6 Å². The molecular formula is C27H20N2O9S. The molecule has 1 N–H and O–H groups in total. The summed E-state index contributed by atoms with van der Waals surface area (Å²) in [4.78, 5) is 60.0. The maximum atomic E-state index is 12.9. The molecule has 39 heavy (non-hydrogen) atoms. The SMILES string of the molecule is COc1cc(/C=C2\SC(=O)N(CC(=O)c3ccc([N+](=O)[O-])cc3)C2=O)ccc1OCc1ccc(C(=O)O)cc1. The summed E-state index contributed by atoms with van der Waals surface area (Å²) >= 11 is 0.692. The largest absolute Gasteiger partial charge is 0.493 e. The lowest BCUT2D eigenvalue weighted by molar-refractivity contribution is -0.384. The van der Waals surface area contributed by atoms with E-state index in [4.69, 9.17) is 14.6 Å². The van der Waals surface area contributed by atoms with Gasteiger partial charge in [0.2, 0.25) is 0 Å². The summed E-state index contributed by atoms with van der Waals surface area (Å²) in [6.45, 7) is -0.333. The number of ether oxygens (including phenoxy) is 2. The summed E-state index contributed by atoms with van der Waals surface area (Å²) in [6, 6.07) is 16.1. The first kappa shape index (κ1) is 27.1. The van der Waals surface area contributed by atoms with Crippen molar-refractivity contribution in [3.05, 3.63) is 104 Å². The van der Waals surface area contributed by atoms with E-state index in [-0.39, 0.29) is 28.3 Å². The number of carboxylic acids is 1. The van der Waals surface area contributed by atoms with Crippen molar-refractivity contribution in [3.8, 4) is 11.5 Å². The number of methoxy groups -OCH3 is 1. The molecule has 1 fully saturated rings. The van der Waals surface area contributed by atoms with Crippen LogP contribution in [-0.2, 0) is 11.4 Å². The first-order valence-corrected chi connectivity index (χ1v) is 12.1. The van der Waals surface area contributed by atoms with Crippen LogP contribution in [0.5, 0.6) is 11.5 Å². The van der Waals surface area contributed by atoms with Gasteiger partial charge in [-0.15, -0.1) is 0 Å². The first-order valence-electron chi connectivity index (χ1n) is 11.3. The number of carbonyl (C=O) groups is 4. The van der Waals surface area contributed by atoms with Crippen molar-refractivity contribution in [2.75, 3.05) is 13.7 Å². The van der Waals surface area contributed by atoms with Gasteiger partial charge >= 0.3 is 5.97 Å². The summed E-state index contributed by atoms with van der Waals surface area (Å²) in [5.41, 5.74) is 1.43. The fourth-order valence-corrected chi connectivity index (χ4v) is 4.43. The number of nitrogens with zero attached hydrogens (tertiary/aromatic N) is 2. The summed E-state index contributed by atoms with van der Waals surface area (Å²) < 4.78 is 11.2. The molecule has 0 saturated carbocycles. The third kappa shape index (κ3) is 6.30. The Morgan fingerprint density at radius 1 is 1.00 bits per heavy atom. The molecule has 1 saturated heterocycles. The zero-order chi connectivity index (χ0) is 28.1. The number of carbonyl (C=O) groups excluding carboxylic acids is 3. The van der Waals surface area contributed by atoms with E-state index in [2.05, 4.69) is 0 Å². The van der Waals surface area contributed by atoms with Crippen molar-refractivity contribution < 1.29 is 38.7 Å². The molecule has 0 spiro atoms. The highest BCUT2D eigenvalue weighted by atomic mass is 32.2. The zero-order valence-corrected chi connectivity index (χ0v) is 21.2. The number of Topliss-reactive ketones (excluding diaryl/α,β-unsaturated/α-hetero) is 1. The number of nitro benzene ring substituents is 1. The molecule has 0 radical (unpaired) electrons. The third-order valence-electron chi connectivity index (χ3n) is 5.66. The van der Waals surface area contributed by atoms with Crippen molar-refractivity contribution in [1.82, 2.24) is 4.90 Å². The number of amides is 2. The Bertz CT molecular complexity index is 1500. The van der Waals surface area contributed by atoms with Crippen molar-refractivity contribution in [3.63, 3.8) is 0 Å². The molecule has 198 valence electrons. The van der Waals surface area contributed by atoms with Crippen LogP contribution in [0, 0.1) is 10.1 Å². The molecule has 0 aliphatic carbocycles. The lowest BCUT2D eigenvalue weighted by atomic mass is 10.1. The molecule has 0 atom stereocenters. The number of imide groups is 1. The zero-order valence-electron chi connectivity index (χ0n) is 20.4.